The number of para-hydroxylation sites is 2. The summed E-state index contributed by atoms with van der Waals surface area (Å²) in [6, 6.07) is 94.1. The molecule has 0 aliphatic heterocycles. The van der Waals surface area contributed by atoms with Gasteiger partial charge in [0.2, 0.25) is 0 Å². The summed E-state index contributed by atoms with van der Waals surface area (Å²) in [4.78, 5) is 2.44. The SMILES string of the molecule is c1ccc(-c2ccc(-c3c4oc5ccc(N(c6ccc7c(c6)C(c6ccccc6)(c6ccccc6)c6ccccc6-7)c6ccccc6-c6ccccc6)cc5c4cc4oc5ccccc5c34)cc2)cc1. The fourth-order valence-corrected chi connectivity index (χ4v) is 11.5. The first kappa shape index (κ1) is 39.9. The van der Waals surface area contributed by atoms with Crippen molar-refractivity contribution >= 4 is 60.9 Å². The Morgan fingerprint density at radius 3 is 1.60 bits per heavy atom. The molecule has 11 aromatic carbocycles. The quantitative estimate of drug-likeness (QED) is 0.152. The number of nitrogens with zero attached hydrogens (tertiary/aromatic N) is 1. The lowest BCUT2D eigenvalue weighted by molar-refractivity contribution is 0.664. The Labute approximate surface area is 405 Å². The number of fused-ring (bicyclic) bond motifs is 9. The Bertz CT molecular complexity index is 4060. The highest BCUT2D eigenvalue weighted by atomic mass is 16.3. The van der Waals surface area contributed by atoms with Gasteiger partial charge in [-0.05, 0) is 104 Å². The second kappa shape index (κ2) is 16.0. The molecular weight excluding hydrogens is 851 g/mol. The first-order valence-corrected chi connectivity index (χ1v) is 24.0. The molecule has 0 atom stereocenters. The first-order chi connectivity index (χ1) is 34.7. The van der Waals surface area contributed by atoms with E-state index in [9.17, 15) is 0 Å². The van der Waals surface area contributed by atoms with Gasteiger partial charge >= 0.3 is 0 Å². The van der Waals surface area contributed by atoms with Crippen LogP contribution in [-0.2, 0) is 5.41 Å². The largest absolute Gasteiger partial charge is 0.456 e. The van der Waals surface area contributed by atoms with E-state index < -0.39 is 5.41 Å². The maximum atomic E-state index is 7.08. The average molecular weight is 894 g/mol. The van der Waals surface area contributed by atoms with Crippen molar-refractivity contribution < 1.29 is 8.83 Å². The summed E-state index contributed by atoms with van der Waals surface area (Å²) in [5, 5.41) is 4.12. The van der Waals surface area contributed by atoms with Gasteiger partial charge in [0, 0.05) is 44.0 Å². The third-order valence-corrected chi connectivity index (χ3v) is 14.6. The highest BCUT2D eigenvalue weighted by Crippen LogP contribution is 2.58. The molecule has 2 heterocycles. The molecule has 0 spiro atoms. The molecule has 1 aliphatic rings. The van der Waals surface area contributed by atoms with Crippen molar-refractivity contribution in [2.24, 2.45) is 0 Å². The second-order valence-corrected chi connectivity index (χ2v) is 18.3. The molecule has 2 aromatic heterocycles. The zero-order valence-electron chi connectivity index (χ0n) is 38.1. The van der Waals surface area contributed by atoms with Crippen LogP contribution in [0.2, 0.25) is 0 Å². The number of hydrogen-bond acceptors (Lipinski definition) is 3. The molecule has 0 saturated heterocycles. The normalized spacial score (nSPS) is 12.7. The van der Waals surface area contributed by atoms with Gasteiger partial charge in [0.15, 0.2) is 0 Å². The maximum absolute atomic E-state index is 7.08. The fraction of sp³-hybridized carbons (Fsp3) is 0.0149. The summed E-state index contributed by atoms with van der Waals surface area (Å²) >= 11 is 0. The molecule has 0 saturated carbocycles. The second-order valence-electron chi connectivity index (χ2n) is 18.3. The van der Waals surface area contributed by atoms with Crippen LogP contribution in [0.25, 0.3) is 88.4 Å². The van der Waals surface area contributed by atoms with E-state index in [1.807, 2.05) is 6.07 Å². The van der Waals surface area contributed by atoms with Crippen molar-refractivity contribution in [1.29, 1.82) is 0 Å². The van der Waals surface area contributed by atoms with E-state index in [2.05, 4.69) is 260 Å². The Morgan fingerprint density at radius 1 is 0.314 bits per heavy atom. The Hall–Kier alpha value is -9.18. The molecule has 0 amide bonds. The van der Waals surface area contributed by atoms with Gasteiger partial charge in [0.05, 0.1) is 11.1 Å². The van der Waals surface area contributed by atoms with Crippen LogP contribution in [0, 0.1) is 0 Å². The highest BCUT2D eigenvalue weighted by Gasteiger charge is 2.46. The zero-order chi connectivity index (χ0) is 46.2. The molecule has 1 aliphatic carbocycles. The molecule has 70 heavy (non-hydrogen) atoms. The van der Waals surface area contributed by atoms with Crippen molar-refractivity contribution in [2.75, 3.05) is 4.90 Å². The third-order valence-electron chi connectivity index (χ3n) is 14.6. The van der Waals surface area contributed by atoms with E-state index in [-0.39, 0.29) is 0 Å². The number of rotatable bonds is 8. The lowest BCUT2D eigenvalue weighted by Gasteiger charge is -2.35. The molecular formula is C67H43NO2. The number of furan rings is 2. The van der Waals surface area contributed by atoms with Gasteiger partial charge < -0.3 is 13.7 Å². The van der Waals surface area contributed by atoms with Gasteiger partial charge in [-0.1, -0.05) is 212 Å². The summed E-state index contributed by atoms with van der Waals surface area (Å²) in [5.41, 5.74) is 20.1. The molecule has 0 fully saturated rings. The molecule has 0 N–H and O–H groups in total. The maximum Gasteiger partial charge on any atom is 0.144 e. The number of hydrogen-bond donors (Lipinski definition) is 0. The molecule has 3 heteroatoms. The third kappa shape index (κ3) is 6.08. The van der Waals surface area contributed by atoms with Crippen molar-refractivity contribution in [2.45, 2.75) is 5.41 Å². The summed E-state index contributed by atoms with van der Waals surface area (Å²) in [5.74, 6) is 0. The topological polar surface area (TPSA) is 29.5 Å². The molecule has 14 rings (SSSR count). The minimum absolute atomic E-state index is 0.562. The van der Waals surface area contributed by atoms with Gasteiger partial charge in [-0.3, -0.25) is 0 Å². The van der Waals surface area contributed by atoms with Gasteiger partial charge in [-0.25, -0.2) is 0 Å². The van der Waals surface area contributed by atoms with Crippen LogP contribution in [-0.4, -0.2) is 0 Å². The number of benzene rings is 11. The minimum Gasteiger partial charge on any atom is -0.456 e. The van der Waals surface area contributed by atoms with Gasteiger partial charge in [-0.15, -0.1) is 0 Å². The van der Waals surface area contributed by atoms with E-state index in [1.165, 1.54) is 38.9 Å². The van der Waals surface area contributed by atoms with Crippen molar-refractivity contribution in [3.63, 3.8) is 0 Å². The summed E-state index contributed by atoms with van der Waals surface area (Å²) in [6.07, 6.45) is 0. The van der Waals surface area contributed by atoms with E-state index in [4.69, 9.17) is 8.83 Å². The van der Waals surface area contributed by atoms with Crippen molar-refractivity contribution in [3.8, 4) is 44.5 Å². The van der Waals surface area contributed by atoms with Crippen molar-refractivity contribution in [1.82, 2.24) is 0 Å². The van der Waals surface area contributed by atoms with Crippen molar-refractivity contribution in [3.05, 3.63) is 283 Å². The predicted octanol–water partition coefficient (Wildman–Crippen LogP) is 18.3. The summed E-state index contributed by atoms with van der Waals surface area (Å²) < 4.78 is 13.8. The molecule has 328 valence electrons. The zero-order valence-corrected chi connectivity index (χ0v) is 38.1. The van der Waals surface area contributed by atoms with Crippen LogP contribution in [0.3, 0.4) is 0 Å². The Balaban J connectivity index is 1.02. The van der Waals surface area contributed by atoms with Crippen LogP contribution in [0.1, 0.15) is 22.3 Å². The first-order valence-electron chi connectivity index (χ1n) is 24.0. The van der Waals surface area contributed by atoms with E-state index in [0.29, 0.717) is 0 Å². The molecule has 0 radical (unpaired) electrons. The molecule has 13 aromatic rings. The lowest BCUT2D eigenvalue weighted by atomic mass is 9.67. The monoisotopic (exact) mass is 893 g/mol. The van der Waals surface area contributed by atoms with E-state index in [1.54, 1.807) is 0 Å². The van der Waals surface area contributed by atoms with E-state index in [0.717, 1.165) is 88.8 Å². The number of anilines is 3. The molecule has 0 unspecified atom stereocenters. The summed E-state index contributed by atoms with van der Waals surface area (Å²) in [7, 11) is 0. The Morgan fingerprint density at radius 2 is 0.857 bits per heavy atom. The Kier molecular flexibility index (Phi) is 9.11. The molecule has 0 bridgehead atoms. The minimum atomic E-state index is -0.562. The predicted molar refractivity (Wildman–Crippen MR) is 289 cm³/mol. The van der Waals surface area contributed by atoms with E-state index >= 15 is 0 Å². The van der Waals surface area contributed by atoms with Crippen LogP contribution < -0.4 is 4.90 Å². The van der Waals surface area contributed by atoms with Crippen LogP contribution in [0.5, 0.6) is 0 Å². The van der Waals surface area contributed by atoms with Crippen LogP contribution >= 0.6 is 0 Å². The highest BCUT2D eigenvalue weighted by molar-refractivity contribution is 6.24. The smallest absolute Gasteiger partial charge is 0.144 e. The van der Waals surface area contributed by atoms with Gasteiger partial charge in [-0.2, -0.15) is 0 Å². The van der Waals surface area contributed by atoms with Crippen LogP contribution in [0.15, 0.2) is 270 Å². The van der Waals surface area contributed by atoms with Crippen LogP contribution in [0.4, 0.5) is 17.1 Å². The van der Waals surface area contributed by atoms with Gasteiger partial charge in [0.25, 0.3) is 0 Å². The summed E-state index contributed by atoms with van der Waals surface area (Å²) in [6.45, 7) is 0. The lowest BCUT2D eigenvalue weighted by Crippen LogP contribution is -2.28. The average Bonchev–Trinajstić information content (AvgIpc) is 4.09. The fourth-order valence-electron chi connectivity index (χ4n) is 11.5. The standard InChI is InChI=1S/C67H43NO2/c1-5-19-44(20-6-1)45-33-35-47(36-34-45)64-65-55-29-15-18-32-61(55)69-63(65)43-57-56-41-50(38-40-62(56)70-66(57)64)68(60-31-17-14-27-52(60)46-21-7-2-8-22-46)51-37-39-54-53-28-13-16-30-58(53)67(59(54)42-51,48-23-9-3-10-24-48)49-25-11-4-12-26-49/h1-43H. The molecule has 3 nitrogen and oxygen atoms in total. The van der Waals surface area contributed by atoms with Gasteiger partial charge in [0.1, 0.15) is 22.3 Å².